The summed E-state index contributed by atoms with van der Waals surface area (Å²) in [6.07, 6.45) is 0. The molecule has 0 radical (unpaired) electrons. The number of hydrogen-bond donors (Lipinski definition) is 2. The highest BCUT2D eigenvalue weighted by atomic mass is 16.5. The van der Waals surface area contributed by atoms with Crippen molar-refractivity contribution in [3.63, 3.8) is 0 Å². The third kappa shape index (κ3) is 2.40. The first-order valence-electron chi connectivity index (χ1n) is 7.57. The molecule has 1 aliphatic heterocycles. The van der Waals surface area contributed by atoms with Crippen molar-refractivity contribution in [1.82, 2.24) is 14.8 Å². The molecular formula is C17H17N5O2. The summed E-state index contributed by atoms with van der Waals surface area (Å²) in [5.74, 6) is 2.56. The molecular weight excluding hydrogens is 306 g/mol. The number of fused-ring (bicyclic) bond motifs is 3. The summed E-state index contributed by atoms with van der Waals surface area (Å²) < 4.78 is 12.4. The Hall–Kier alpha value is -3.22. The van der Waals surface area contributed by atoms with Crippen LogP contribution in [0.2, 0.25) is 0 Å². The molecule has 3 aromatic rings. The van der Waals surface area contributed by atoms with Crippen molar-refractivity contribution in [3.05, 3.63) is 48.0 Å². The van der Waals surface area contributed by atoms with Gasteiger partial charge in [0.15, 0.2) is 11.5 Å². The van der Waals surface area contributed by atoms with E-state index in [0.717, 1.165) is 23.9 Å². The minimum Gasteiger partial charge on any atom is -0.493 e. The molecule has 7 heteroatoms. The summed E-state index contributed by atoms with van der Waals surface area (Å²) in [6, 6.07) is 13.7. The Morgan fingerprint density at radius 2 is 1.92 bits per heavy atom. The molecule has 0 bridgehead atoms. The Balaban J connectivity index is 1.65. The second-order valence-corrected chi connectivity index (χ2v) is 5.35. The number of ether oxygens (including phenoxy) is 2. The van der Waals surface area contributed by atoms with E-state index in [1.54, 1.807) is 14.2 Å². The number of aromatic nitrogens is 3. The maximum absolute atomic E-state index is 5.32. The predicted molar refractivity (Wildman–Crippen MR) is 91.5 cm³/mol. The molecule has 0 saturated heterocycles. The van der Waals surface area contributed by atoms with Crippen LogP contribution in [0.5, 0.6) is 11.5 Å². The highest BCUT2D eigenvalue weighted by Crippen LogP contribution is 2.31. The summed E-state index contributed by atoms with van der Waals surface area (Å²) in [7, 11) is 3.22. The molecule has 0 amide bonds. The average molecular weight is 323 g/mol. The van der Waals surface area contributed by atoms with Crippen molar-refractivity contribution >= 4 is 17.6 Å². The Bertz CT molecular complexity index is 890. The standard InChI is InChI=1S/C17H17N5O2/c1-23-14-8-7-12(9-15(14)24-2)19-16-20-17-18-10-11-5-3-4-6-13(11)22(17)21-16/h3-9H,10H2,1-2H3,(H2,18,19,20,21). The van der Waals surface area contributed by atoms with Gasteiger partial charge in [-0.2, -0.15) is 9.67 Å². The Morgan fingerprint density at radius 3 is 2.75 bits per heavy atom. The third-order valence-corrected chi connectivity index (χ3v) is 3.90. The number of benzene rings is 2. The molecule has 122 valence electrons. The van der Waals surface area contributed by atoms with E-state index in [2.05, 4.69) is 26.8 Å². The molecule has 2 N–H and O–H groups in total. The van der Waals surface area contributed by atoms with E-state index in [1.165, 1.54) is 5.56 Å². The van der Waals surface area contributed by atoms with E-state index in [-0.39, 0.29) is 0 Å². The average Bonchev–Trinajstić information content (AvgIpc) is 3.04. The van der Waals surface area contributed by atoms with Gasteiger partial charge in [0.05, 0.1) is 19.9 Å². The van der Waals surface area contributed by atoms with Crippen molar-refractivity contribution < 1.29 is 9.47 Å². The van der Waals surface area contributed by atoms with Gasteiger partial charge < -0.3 is 20.1 Å². The van der Waals surface area contributed by atoms with Gasteiger partial charge in [-0.3, -0.25) is 0 Å². The zero-order chi connectivity index (χ0) is 16.5. The molecule has 0 unspecified atom stereocenters. The highest BCUT2D eigenvalue weighted by molar-refractivity contribution is 5.61. The van der Waals surface area contributed by atoms with Crippen molar-refractivity contribution in [2.45, 2.75) is 6.54 Å². The maximum atomic E-state index is 5.32. The minimum atomic E-state index is 0.515. The lowest BCUT2D eigenvalue weighted by Crippen LogP contribution is -2.15. The van der Waals surface area contributed by atoms with E-state index in [1.807, 2.05) is 41.1 Å². The van der Waals surface area contributed by atoms with Gasteiger partial charge in [0.25, 0.3) is 0 Å². The lowest BCUT2D eigenvalue weighted by molar-refractivity contribution is 0.355. The fourth-order valence-electron chi connectivity index (χ4n) is 2.73. The maximum Gasteiger partial charge on any atom is 0.248 e. The summed E-state index contributed by atoms with van der Waals surface area (Å²) in [4.78, 5) is 4.50. The highest BCUT2D eigenvalue weighted by Gasteiger charge is 2.19. The number of anilines is 3. The second kappa shape index (κ2) is 5.77. The predicted octanol–water partition coefficient (Wildman–Crippen LogP) is 2.95. The van der Waals surface area contributed by atoms with Crippen LogP contribution in [0, 0.1) is 0 Å². The van der Waals surface area contributed by atoms with Crippen LogP contribution < -0.4 is 20.1 Å². The van der Waals surface area contributed by atoms with Gasteiger partial charge >= 0.3 is 0 Å². The molecule has 1 aliphatic rings. The molecule has 2 heterocycles. The van der Waals surface area contributed by atoms with Crippen LogP contribution in [-0.4, -0.2) is 29.0 Å². The number of nitrogens with one attached hydrogen (secondary N) is 2. The van der Waals surface area contributed by atoms with Crippen molar-refractivity contribution in [1.29, 1.82) is 0 Å². The Morgan fingerprint density at radius 1 is 1.08 bits per heavy atom. The zero-order valence-corrected chi connectivity index (χ0v) is 13.4. The second-order valence-electron chi connectivity index (χ2n) is 5.35. The smallest absolute Gasteiger partial charge is 0.248 e. The van der Waals surface area contributed by atoms with E-state index in [4.69, 9.17) is 9.47 Å². The number of methoxy groups -OCH3 is 2. The van der Waals surface area contributed by atoms with E-state index < -0.39 is 0 Å². The number of rotatable bonds is 4. The van der Waals surface area contributed by atoms with E-state index in [0.29, 0.717) is 17.4 Å². The molecule has 0 aliphatic carbocycles. The van der Waals surface area contributed by atoms with Crippen LogP contribution in [0.3, 0.4) is 0 Å². The quantitative estimate of drug-likeness (QED) is 0.769. The van der Waals surface area contributed by atoms with Gasteiger partial charge in [-0.25, -0.2) is 0 Å². The normalized spacial score (nSPS) is 11.9. The van der Waals surface area contributed by atoms with Gasteiger partial charge in [0.1, 0.15) is 0 Å². The van der Waals surface area contributed by atoms with Gasteiger partial charge in [-0.15, -0.1) is 5.10 Å². The first-order valence-corrected chi connectivity index (χ1v) is 7.57. The molecule has 2 aromatic carbocycles. The fraction of sp³-hybridized carbons (Fsp3) is 0.176. The van der Waals surface area contributed by atoms with Gasteiger partial charge in [-0.05, 0) is 23.8 Å². The zero-order valence-electron chi connectivity index (χ0n) is 13.4. The Labute approximate surface area is 139 Å². The SMILES string of the molecule is COc1ccc(Nc2nc3n(n2)-c2ccccc2CN3)cc1OC. The fourth-order valence-corrected chi connectivity index (χ4v) is 2.73. The van der Waals surface area contributed by atoms with E-state index in [9.17, 15) is 0 Å². The monoisotopic (exact) mass is 323 g/mol. The molecule has 0 saturated carbocycles. The number of hydrogen-bond acceptors (Lipinski definition) is 6. The third-order valence-electron chi connectivity index (χ3n) is 3.90. The summed E-state index contributed by atoms with van der Waals surface area (Å²) in [5.41, 5.74) is 3.05. The van der Waals surface area contributed by atoms with Crippen molar-refractivity contribution in [2.75, 3.05) is 24.9 Å². The van der Waals surface area contributed by atoms with Crippen LogP contribution in [0.4, 0.5) is 17.6 Å². The molecule has 0 fully saturated rings. The molecule has 4 rings (SSSR count). The summed E-state index contributed by atoms with van der Waals surface area (Å²) in [6.45, 7) is 0.741. The topological polar surface area (TPSA) is 73.2 Å². The minimum absolute atomic E-state index is 0.515. The molecule has 24 heavy (non-hydrogen) atoms. The number of para-hydroxylation sites is 1. The lowest BCUT2D eigenvalue weighted by Gasteiger charge is -2.17. The molecule has 1 aromatic heterocycles. The van der Waals surface area contributed by atoms with E-state index >= 15 is 0 Å². The van der Waals surface area contributed by atoms with Crippen LogP contribution in [0.25, 0.3) is 5.69 Å². The molecule has 0 spiro atoms. The van der Waals surface area contributed by atoms with Gasteiger partial charge in [0, 0.05) is 18.3 Å². The number of nitrogens with zero attached hydrogens (tertiary/aromatic N) is 3. The summed E-state index contributed by atoms with van der Waals surface area (Å²) >= 11 is 0. The molecule has 7 nitrogen and oxygen atoms in total. The molecule has 0 atom stereocenters. The first kappa shape index (κ1) is 14.4. The van der Waals surface area contributed by atoms with Gasteiger partial charge in [0.2, 0.25) is 11.9 Å². The largest absolute Gasteiger partial charge is 0.493 e. The summed E-state index contributed by atoms with van der Waals surface area (Å²) in [5, 5.41) is 11.0. The van der Waals surface area contributed by atoms with Crippen LogP contribution in [-0.2, 0) is 6.54 Å². The lowest BCUT2D eigenvalue weighted by atomic mass is 10.1. The first-order chi connectivity index (χ1) is 11.8. The van der Waals surface area contributed by atoms with Gasteiger partial charge in [-0.1, -0.05) is 18.2 Å². The van der Waals surface area contributed by atoms with Crippen LogP contribution in [0.15, 0.2) is 42.5 Å². The van der Waals surface area contributed by atoms with Crippen molar-refractivity contribution in [3.8, 4) is 17.2 Å². The van der Waals surface area contributed by atoms with Crippen LogP contribution >= 0.6 is 0 Å². The van der Waals surface area contributed by atoms with Crippen LogP contribution in [0.1, 0.15) is 5.56 Å². The Kier molecular flexibility index (Phi) is 3.45. The van der Waals surface area contributed by atoms with Crippen molar-refractivity contribution in [2.24, 2.45) is 0 Å².